The van der Waals surface area contributed by atoms with Gasteiger partial charge in [0.1, 0.15) is 0 Å². The van der Waals surface area contributed by atoms with Crippen molar-refractivity contribution in [2.45, 2.75) is 31.7 Å². The fourth-order valence-electron chi connectivity index (χ4n) is 2.09. The van der Waals surface area contributed by atoms with Gasteiger partial charge in [-0.15, -0.1) is 0 Å². The van der Waals surface area contributed by atoms with Crippen LogP contribution in [0, 0.1) is 6.92 Å². The molecule has 0 aliphatic rings. The third-order valence-corrected chi connectivity index (χ3v) is 4.84. The molecule has 0 aliphatic carbocycles. The zero-order chi connectivity index (χ0) is 15.5. The van der Waals surface area contributed by atoms with Crippen LogP contribution in [-0.4, -0.2) is 8.42 Å². The summed E-state index contributed by atoms with van der Waals surface area (Å²) in [7, 11) is -3.57. The van der Waals surface area contributed by atoms with E-state index in [4.69, 9.17) is 5.73 Å². The maximum absolute atomic E-state index is 12.4. The van der Waals surface area contributed by atoms with Crippen LogP contribution in [0.5, 0.6) is 0 Å². The molecule has 5 heteroatoms. The summed E-state index contributed by atoms with van der Waals surface area (Å²) >= 11 is 0. The van der Waals surface area contributed by atoms with Gasteiger partial charge in [-0.1, -0.05) is 25.1 Å². The molecule has 112 valence electrons. The highest BCUT2D eigenvalue weighted by atomic mass is 32.2. The van der Waals surface area contributed by atoms with Crippen LogP contribution in [0.25, 0.3) is 0 Å². The summed E-state index contributed by atoms with van der Waals surface area (Å²) in [6.45, 7) is 4.32. The van der Waals surface area contributed by atoms with E-state index in [0.29, 0.717) is 12.2 Å². The van der Waals surface area contributed by atoms with Crippen LogP contribution in [0.3, 0.4) is 0 Å². The Morgan fingerprint density at radius 1 is 1.10 bits per heavy atom. The van der Waals surface area contributed by atoms with E-state index in [-0.39, 0.29) is 4.90 Å². The molecule has 2 aromatic rings. The van der Waals surface area contributed by atoms with E-state index in [1.165, 1.54) is 5.56 Å². The van der Waals surface area contributed by atoms with Gasteiger partial charge in [0.25, 0.3) is 10.0 Å². The van der Waals surface area contributed by atoms with E-state index in [1.807, 2.05) is 19.1 Å². The average Bonchev–Trinajstić information content (AvgIpc) is 2.47. The normalized spacial score (nSPS) is 11.4. The molecule has 4 nitrogen and oxygen atoms in total. The molecule has 0 amide bonds. The molecule has 0 radical (unpaired) electrons. The van der Waals surface area contributed by atoms with Gasteiger partial charge in [0, 0.05) is 12.2 Å². The standard InChI is InChI=1S/C16H20N2O2S/c1-3-13-4-7-15(8-5-13)18-21(19,20)16-9-6-14(11-17)12(2)10-16/h4-10,18H,3,11,17H2,1-2H3. The largest absolute Gasteiger partial charge is 0.326 e. The molecule has 2 rings (SSSR count). The SMILES string of the molecule is CCc1ccc(NS(=O)(=O)c2ccc(CN)c(C)c2)cc1. The van der Waals surface area contributed by atoms with Crippen LogP contribution in [0.4, 0.5) is 5.69 Å². The summed E-state index contributed by atoms with van der Waals surface area (Å²) in [6, 6.07) is 12.4. The Bertz CT molecular complexity index is 722. The predicted molar refractivity (Wildman–Crippen MR) is 85.7 cm³/mol. The zero-order valence-corrected chi connectivity index (χ0v) is 13.1. The lowest BCUT2D eigenvalue weighted by molar-refractivity contribution is 0.601. The Balaban J connectivity index is 2.26. The first-order valence-corrected chi connectivity index (χ1v) is 8.36. The first kappa shape index (κ1) is 15.5. The molecule has 0 saturated heterocycles. The van der Waals surface area contributed by atoms with Crippen LogP contribution in [0.2, 0.25) is 0 Å². The van der Waals surface area contributed by atoms with Crippen molar-refractivity contribution >= 4 is 15.7 Å². The molecule has 0 atom stereocenters. The Morgan fingerprint density at radius 2 is 1.76 bits per heavy atom. The molecule has 0 bridgehead atoms. The van der Waals surface area contributed by atoms with Gasteiger partial charge in [0.05, 0.1) is 4.90 Å². The van der Waals surface area contributed by atoms with Crippen LogP contribution >= 0.6 is 0 Å². The summed E-state index contributed by atoms with van der Waals surface area (Å²) in [5, 5.41) is 0. The van der Waals surface area contributed by atoms with E-state index >= 15 is 0 Å². The van der Waals surface area contributed by atoms with E-state index < -0.39 is 10.0 Å². The maximum atomic E-state index is 12.4. The summed E-state index contributed by atoms with van der Waals surface area (Å²) in [5.41, 5.74) is 9.15. The lowest BCUT2D eigenvalue weighted by atomic mass is 10.1. The van der Waals surface area contributed by atoms with Crippen molar-refractivity contribution in [3.63, 3.8) is 0 Å². The molecule has 0 saturated carbocycles. The first-order valence-electron chi connectivity index (χ1n) is 6.87. The Labute approximate surface area is 126 Å². The van der Waals surface area contributed by atoms with Crippen LogP contribution in [0.15, 0.2) is 47.4 Å². The second-order valence-electron chi connectivity index (χ2n) is 4.95. The Hall–Kier alpha value is -1.85. The van der Waals surface area contributed by atoms with Crippen LogP contribution < -0.4 is 10.5 Å². The van der Waals surface area contributed by atoms with Crippen molar-refractivity contribution in [1.82, 2.24) is 0 Å². The fourth-order valence-corrected chi connectivity index (χ4v) is 3.23. The van der Waals surface area contributed by atoms with Crippen molar-refractivity contribution in [3.8, 4) is 0 Å². The minimum Gasteiger partial charge on any atom is -0.326 e. The number of hydrogen-bond donors (Lipinski definition) is 2. The average molecular weight is 304 g/mol. The molecule has 0 aliphatic heterocycles. The van der Waals surface area contributed by atoms with Gasteiger partial charge in [0.2, 0.25) is 0 Å². The molecular weight excluding hydrogens is 284 g/mol. The second-order valence-corrected chi connectivity index (χ2v) is 6.63. The van der Waals surface area contributed by atoms with Crippen molar-refractivity contribution in [3.05, 3.63) is 59.2 Å². The molecule has 0 fully saturated rings. The first-order chi connectivity index (χ1) is 9.96. The summed E-state index contributed by atoms with van der Waals surface area (Å²) in [5.74, 6) is 0. The summed E-state index contributed by atoms with van der Waals surface area (Å²) < 4.78 is 27.3. The van der Waals surface area contributed by atoms with Gasteiger partial charge in [-0.3, -0.25) is 4.72 Å². The highest BCUT2D eigenvalue weighted by Crippen LogP contribution is 2.19. The maximum Gasteiger partial charge on any atom is 0.261 e. The topological polar surface area (TPSA) is 72.2 Å². The molecular formula is C16H20N2O2S. The minimum atomic E-state index is -3.57. The van der Waals surface area contributed by atoms with Crippen LogP contribution in [0.1, 0.15) is 23.6 Å². The molecule has 2 aromatic carbocycles. The number of sulfonamides is 1. The minimum absolute atomic E-state index is 0.247. The highest BCUT2D eigenvalue weighted by Gasteiger charge is 2.15. The molecule has 21 heavy (non-hydrogen) atoms. The van der Waals surface area contributed by atoms with Crippen molar-refractivity contribution < 1.29 is 8.42 Å². The zero-order valence-electron chi connectivity index (χ0n) is 12.3. The lowest BCUT2D eigenvalue weighted by Gasteiger charge is -2.10. The third kappa shape index (κ3) is 3.62. The molecule has 0 heterocycles. The number of hydrogen-bond acceptors (Lipinski definition) is 3. The number of benzene rings is 2. The van der Waals surface area contributed by atoms with Crippen LogP contribution in [-0.2, 0) is 23.0 Å². The van der Waals surface area contributed by atoms with E-state index in [2.05, 4.69) is 11.6 Å². The molecule has 3 N–H and O–H groups in total. The number of nitrogens with one attached hydrogen (secondary N) is 1. The number of aryl methyl sites for hydroxylation is 2. The number of rotatable bonds is 5. The molecule has 0 unspecified atom stereocenters. The van der Waals surface area contributed by atoms with Crippen molar-refractivity contribution in [2.75, 3.05) is 4.72 Å². The number of nitrogens with two attached hydrogens (primary N) is 1. The smallest absolute Gasteiger partial charge is 0.261 e. The summed E-state index contributed by atoms with van der Waals surface area (Å²) in [4.78, 5) is 0.247. The van der Waals surface area contributed by atoms with Gasteiger partial charge in [-0.25, -0.2) is 8.42 Å². The van der Waals surface area contributed by atoms with Gasteiger partial charge >= 0.3 is 0 Å². The van der Waals surface area contributed by atoms with E-state index in [9.17, 15) is 8.42 Å². The Kier molecular flexibility index (Phi) is 4.65. The Morgan fingerprint density at radius 3 is 2.29 bits per heavy atom. The highest BCUT2D eigenvalue weighted by molar-refractivity contribution is 7.92. The van der Waals surface area contributed by atoms with Gasteiger partial charge < -0.3 is 5.73 Å². The van der Waals surface area contributed by atoms with E-state index in [1.54, 1.807) is 30.3 Å². The molecule has 0 spiro atoms. The monoisotopic (exact) mass is 304 g/mol. The quantitative estimate of drug-likeness (QED) is 0.892. The lowest BCUT2D eigenvalue weighted by Crippen LogP contribution is -2.13. The van der Waals surface area contributed by atoms with Gasteiger partial charge in [-0.05, 0) is 54.3 Å². The van der Waals surface area contributed by atoms with Crippen molar-refractivity contribution in [2.24, 2.45) is 5.73 Å². The third-order valence-electron chi connectivity index (χ3n) is 3.46. The van der Waals surface area contributed by atoms with Gasteiger partial charge in [0.15, 0.2) is 0 Å². The molecule has 0 aromatic heterocycles. The summed E-state index contributed by atoms with van der Waals surface area (Å²) in [6.07, 6.45) is 0.923. The second kappa shape index (κ2) is 6.28. The fraction of sp³-hybridized carbons (Fsp3) is 0.250. The van der Waals surface area contributed by atoms with Gasteiger partial charge in [-0.2, -0.15) is 0 Å². The van der Waals surface area contributed by atoms with Crippen molar-refractivity contribution in [1.29, 1.82) is 0 Å². The van der Waals surface area contributed by atoms with E-state index in [0.717, 1.165) is 17.5 Å². The predicted octanol–water partition coefficient (Wildman–Crippen LogP) is 2.82. The number of anilines is 1.